The number of alkyl halides is 3. The van der Waals surface area contributed by atoms with E-state index in [4.69, 9.17) is 5.26 Å². The van der Waals surface area contributed by atoms with Gasteiger partial charge in [-0.05, 0) is 47.2 Å². The number of carbonyl (C=O) groups excluding carboxylic acids is 1. The standard InChI is InChI=1S/C21H14F3N5OS/c1-26-19-17(31-20(30)27-19)8-12-5-6-16-15(7-12)11-29(28-16)10-14-4-2-3-13(9-25)18(14)21(22,23)24/h2-8,11H,10H2,1H3,(H,26,27,30)/b17-8-. The predicted octanol–water partition coefficient (Wildman–Crippen LogP) is 4.80. The van der Waals surface area contributed by atoms with Crippen LogP contribution in [0.3, 0.4) is 0 Å². The highest BCUT2D eigenvalue weighted by atomic mass is 32.2. The molecule has 1 aromatic heterocycles. The number of aromatic nitrogens is 2. The number of amidine groups is 1. The number of hydrogen-bond donors (Lipinski definition) is 1. The summed E-state index contributed by atoms with van der Waals surface area (Å²) in [5.41, 5.74) is 0.0300. The lowest BCUT2D eigenvalue weighted by atomic mass is 10.0. The summed E-state index contributed by atoms with van der Waals surface area (Å²) < 4.78 is 41.9. The van der Waals surface area contributed by atoms with Crippen LogP contribution in [-0.2, 0) is 12.7 Å². The van der Waals surface area contributed by atoms with Crippen LogP contribution in [0.1, 0.15) is 22.3 Å². The van der Waals surface area contributed by atoms with E-state index in [1.54, 1.807) is 37.5 Å². The van der Waals surface area contributed by atoms with Crippen molar-refractivity contribution in [3.05, 3.63) is 69.8 Å². The van der Waals surface area contributed by atoms with Crippen LogP contribution in [0.4, 0.5) is 18.0 Å². The van der Waals surface area contributed by atoms with Crippen molar-refractivity contribution in [1.29, 1.82) is 5.26 Å². The maximum absolute atomic E-state index is 13.5. The molecule has 1 fully saturated rings. The molecule has 4 rings (SSSR count). The molecule has 2 heterocycles. The molecule has 0 saturated carbocycles. The normalized spacial score (nSPS) is 16.8. The number of benzene rings is 2. The predicted molar refractivity (Wildman–Crippen MR) is 112 cm³/mol. The molecule has 1 saturated heterocycles. The van der Waals surface area contributed by atoms with Crippen LogP contribution in [0.15, 0.2) is 52.5 Å². The number of fused-ring (bicyclic) bond motifs is 1. The number of rotatable bonds is 3. The van der Waals surface area contributed by atoms with Gasteiger partial charge in [0.15, 0.2) is 0 Å². The van der Waals surface area contributed by atoms with Crippen LogP contribution in [0.2, 0.25) is 0 Å². The van der Waals surface area contributed by atoms with Crippen LogP contribution in [0, 0.1) is 11.3 Å². The summed E-state index contributed by atoms with van der Waals surface area (Å²) in [5, 5.41) is 16.6. The summed E-state index contributed by atoms with van der Waals surface area (Å²) in [7, 11) is 1.58. The van der Waals surface area contributed by atoms with Crippen LogP contribution in [0.25, 0.3) is 17.0 Å². The number of amides is 1. The average molecular weight is 441 g/mol. The maximum Gasteiger partial charge on any atom is 0.418 e. The smallest absolute Gasteiger partial charge is 0.300 e. The third-order valence-electron chi connectivity index (χ3n) is 4.64. The SMILES string of the molecule is CN=C1NC(=O)S/C1=C\c1ccc2nn(Cc3cccc(C#N)c3C(F)(F)F)cc2c1. The average Bonchev–Trinajstić information content (AvgIpc) is 3.28. The van der Waals surface area contributed by atoms with E-state index in [1.807, 2.05) is 6.07 Å². The second-order valence-electron chi connectivity index (χ2n) is 6.69. The number of nitrogens with zero attached hydrogens (tertiary/aromatic N) is 4. The fraction of sp³-hybridized carbons (Fsp3) is 0.143. The third-order valence-corrected chi connectivity index (χ3v) is 5.46. The monoisotopic (exact) mass is 441 g/mol. The Morgan fingerprint density at radius 2 is 2.13 bits per heavy atom. The van der Waals surface area contributed by atoms with Gasteiger partial charge in [0.05, 0.1) is 34.2 Å². The lowest BCUT2D eigenvalue weighted by molar-refractivity contribution is -0.138. The van der Waals surface area contributed by atoms with E-state index in [-0.39, 0.29) is 17.3 Å². The summed E-state index contributed by atoms with van der Waals surface area (Å²) >= 11 is 1.04. The minimum absolute atomic E-state index is 0.0301. The van der Waals surface area contributed by atoms with Gasteiger partial charge >= 0.3 is 6.18 Å². The topological polar surface area (TPSA) is 83.1 Å². The van der Waals surface area contributed by atoms with Gasteiger partial charge in [0.25, 0.3) is 5.24 Å². The number of aliphatic imine (C=N–C) groups is 1. The summed E-state index contributed by atoms with van der Waals surface area (Å²) in [4.78, 5) is 16.3. The molecule has 2 aromatic carbocycles. The fourth-order valence-corrected chi connectivity index (χ4v) is 4.13. The molecule has 1 aliphatic rings. The first-order valence-corrected chi connectivity index (χ1v) is 9.84. The molecule has 10 heteroatoms. The quantitative estimate of drug-likeness (QED) is 0.633. The highest BCUT2D eigenvalue weighted by Gasteiger charge is 2.36. The zero-order valence-electron chi connectivity index (χ0n) is 16.1. The van der Waals surface area contributed by atoms with Gasteiger partial charge in [-0.3, -0.25) is 14.5 Å². The summed E-state index contributed by atoms with van der Waals surface area (Å²) in [6.45, 7) is -0.129. The number of nitrogens with one attached hydrogen (secondary N) is 1. The zero-order chi connectivity index (χ0) is 22.2. The van der Waals surface area contributed by atoms with Gasteiger partial charge in [-0.1, -0.05) is 18.2 Å². The first kappa shape index (κ1) is 20.7. The van der Waals surface area contributed by atoms with Crippen molar-refractivity contribution >= 4 is 39.8 Å². The molecule has 156 valence electrons. The molecule has 0 radical (unpaired) electrons. The Morgan fingerprint density at radius 1 is 1.32 bits per heavy atom. The number of halogens is 3. The van der Waals surface area contributed by atoms with Crippen molar-refractivity contribution < 1.29 is 18.0 Å². The van der Waals surface area contributed by atoms with Gasteiger partial charge in [0.1, 0.15) is 5.84 Å². The molecule has 1 N–H and O–H groups in total. The Bertz CT molecular complexity index is 1300. The summed E-state index contributed by atoms with van der Waals surface area (Å²) in [6, 6.07) is 10.9. The van der Waals surface area contributed by atoms with E-state index >= 15 is 0 Å². The fourth-order valence-electron chi connectivity index (χ4n) is 3.35. The van der Waals surface area contributed by atoms with E-state index in [0.717, 1.165) is 28.8 Å². The van der Waals surface area contributed by atoms with Crippen molar-refractivity contribution in [2.75, 3.05) is 7.05 Å². The highest BCUT2D eigenvalue weighted by Crippen LogP contribution is 2.35. The largest absolute Gasteiger partial charge is 0.418 e. The minimum atomic E-state index is -4.64. The lowest BCUT2D eigenvalue weighted by Crippen LogP contribution is -2.18. The molecule has 31 heavy (non-hydrogen) atoms. The third kappa shape index (κ3) is 4.18. The second kappa shape index (κ2) is 7.92. The highest BCUT2D eigenvalue weighted by molar-refractivity contribution is 8.18. The van der Waals surface area contributed by atoms with Gasteiger partial charge in [-0.25, -0.2) is 0 Å². The first-order chi connectivity index (χ1) is 14.8. The molecular formula is C21H14F3N5OS. The Balaban J connectivity index is 1.68. The Morgan fingerprint density at radius 3 is 2.84 bits per heavy atom. The van der Waals surface area contributed by atoms with Crippen molar-refractivity contribution in [3.8, 4) is 6.07 Å². The van der Waals surface area contributed by atoms with Gasteiger partial charge < -0.3 is 5.32 Å². The van der Waals surface area contributed by atoms with Gasteiger partial charge in [-0.15, -0.1) is 0 Å². The summed E-state index contributed by atoms with van der Waals surface area (Å²) in [6.07, 6.45) is -1.19. The molecule has 1 aliphatic heterocycles. The van der Waals surface area contributed by atoms with Crippen molar-refractivity contribution in [3.63, 3.8) is 0 Å². The van der Waals surface area contributed by atoms with E-state index in [2.05, 4.69) is 15.4 Å². The minimum Gasteiger partial charge on any atom is -0.300 e. The van der Waals surface area contributed by atoms with Crippen LogP contribution < -0.4 is 5.32 Å². The molecular weight excluding hydrogens is 427 g/mol. The van der Waals surface area contributed by atoms with E-state index in [9.17, 15) is 18.0 Å². The Hall–Kier alpha value is -3.58. The van der Waals surface area contributed by atoms with Crippen molar-refractivity contribution in [2.45, 2.75) is 12.7 Å². The molecule has 0 atom stereocenters. The number of hydrogen-bond acceptors (Lipinski definition) is 5. The lowest BCUT2D eigenvalue weighted by Gasteiger charge is -2.14. The first-order valence-electron chi connectivity index (χ1n) is 9.02. The van der Waals surface area contributed by atoms with Crippen molar-refractivity contribution in [1.82, 2.24) is 15.1 Å². The van der Waals surface area contributed by atoms with E-state index in [0.29, 0.717) is 16.3 Å². The molecule has 3 aromatic rings. The second-order valence-corrected chi connectivity index (χ2v) is 7.70. The molecule has 6 nitrogen and oxygen atoms in total. The van der Waals surface area contributed by atoms with Crippen LogP contribution in [-0.4, -0.2) is 27.9 Å². The summed E-state index contributed by atoms with van der Waals surface area (Å²) in [5.74, 6) is 0.489. The van der Waals surface area contributed by atoms with Crippen LogP contribution >= 0.6 is 11.8 Å². The zero-order valence-corrected chi connectivity index (χ0v) is 16.9. The van der Waals surface area contributed by atoms with Crippen molar-refractivity contribution in [2.24, 2.45) is 4.99 Å². The van der Waals surface area contributed by atoms with Gasteiger partial charge in [-0.2, -0.15) is 23.5 Å². The van der Waals surface area contributed by atoms with Gasteiger partial charge in [0.2, 0.25) is 0 Å². The van der Waals surface area contributed by atoms with Gasteiger partial charge in [0, 0.05) is 18.6 Å². The van der Waals surface area contributed by atoms with E-state index in [1.165, 1.54) is 16.8 Å². The number of carbonyl (C=O) groups is 1. The Labute approximate surface area is 179 Å². The number of nitriles is 1. The molecule has 0 spiro atoms. The molecule has 0 aliphatic carbocycles. The number of thioether (sulfide) groups is 1. The molecule has 0 unspecified atom stereocenters. The Kier molecular flexibility index (Phi) is 5.29. The molecule has 1 amide bonds. The van der Waals surface area contributed by atoms with Crippen LogP contribution in [0.5, 0.6) is 0 Å². The maximum atomic E-state index is 13.5. The molecule has 0 bridgehead atoms. The van der Waals surface area contributed by atoms with E-state index < -0.39 is 17.3 Å².